The molecule has 0 aromatic carbocycles. The lowest BCUT2D eigenvalue weighted by Crippen LogP contribution is -2.24. The number of pyridine rings is 1. The van der Waals surface area contributed by atoms with Gasteiger partial charge in [0.15, 0.2) is 0 Å². The molecule has 1 amide bonds. The molecule has 0 spiro atoms. The summed E-state index contributed by atoms with van der Waals surface area (Å²) in [6, 6.07) is 3.87. The van der Waals surface area contributed by atoms with Crippen LogP contribution >= 0.6 is 0 Å². The van der Waals surface area contributed by atoms with Crippen LogP contribution in [-0.4, -0.2) is 23.5 Å². The van der Waals surface area contributed by atoms with Gasteiger partial charge < -0.3 is 10.1 Å². The molecule has 1 rings (SSSR count). The van der Waals surface area contributed by atoms with E-state index in [1.54, 1.807) is 13.1 Å². The SMILES string of the molecule is CCOC(=O)CCC(=O)NCc1ncccc1CC. The molecule has 1 N–H and O–H groups in total. The Morgan fingerprint density at radius 2 is 2.11 bits per heavy atom. The van der Waals surface area contributed by atoms with Crippen LogP contribution in [0.25, 0.3) is 0 Å². The van der Waals surface area contributed by atoms with Gasteiger partial charge in [-0.15, -0.1) is 0 Å². The summed E-state index contributed by atoms with van der Waals surface area (Å²) in [5.74, 6) is -0.509. The highest BCUT2D eigenvalue weighted by Gasteiger charge is 2.08. The Kier molecular flexibility index (Phi) is 6.57. The smallest absolute Gasteiger partial charge is 0.306 e. The predicted octanol–water partition coefficient (Wildman–Crippen LogP) is 1.60. The molecule has 1 heterocycles. The van der Waals surface area contributed by atoms with Gasteiger partial charge in [-0.3, -0.25) is 14.6 Å². The van der Waals surface area contributed by atoms with Gasteiger partial charge in [0, 0.05) is 12.6 Å². The van der Waals surface area contributed by atoms with Crippen LogP contribution in [0, 0.1) is 0 Å². The molecule has 0 bridgehead atoms. The van der Waals surface area contributed by atoms with Gasteiger partial charge in [-0.25, -0.2) is 0 Å². The summed E-state index contributed by atoms with van der Waals surface area (Å²) < 4.78 is 4.76. The molecule has 0 aliphatic rings. The quantitative estimate of drug-likeness (QED) is 0.760. The maximum atomic E-state index is 11.6. The Morgan fingerprint density at radius 1 is 1.32 bits per heavy atom. The number of nitrogens with one attached hydrogen (secondary N) is 1. The van der Waals surface area contributed by atoms with Crippen molar-refractivity contribution in [3.8, 4) is 0 Å². The highest BCUT2D eigenvalue weighted by molar-refractivity contribution is 5.81. The molecule has 5 nitrogen and oxygen atoms in total. The molecule has 5 heteroatoms. The number of rotatable bonds is 7. The van der Waals surface area contributed by atoms with E-state index in [1.807, 2.05) is 19.1 Å². The van der Waals surface area contributed by atoms with Crippen LogP contribution in [0.1, 0.15) is 37.9 Å². The second-order valence-corrected chi connectivity index (χ2v) is 4.04. The number of aromatic nitrogens is 1. The minimum Gasteiger partial charge on any atom is -0.466 e. The number of amides is 1. The summed E-state index contributed by atoms with van der Waals surface area (Å²) in [7, 11) is 0. The average molecular weight is 264 g/mol. The van der Waals surface area contributed by atoms with Crippen molar-refractivity contribution in [2.24, 2.45) is 0 Å². The molecule has 0 saturated carbocycles. The fraction of sp³-hybridized carbons (Fsp3) is 0.500. The van der Waals surface area contributed by atoms with Crippen LogP contribution in [0.5, 0.6) is 0 Å². The minimum absolute atomic E-state index is 0.114. The normalized spacial score (nSPS) is 10.0. The molecule has 0 atom stereocenters. The lowest BCUT2D eigenvalue weighted by Gasteiger charge is -2.08. The van der Waals surface area contributed by atoms with Gasteiger partial charge in [-0.05, 0) is 25.0 Å². The number of esters is 1. The van der Waals surface area contributed by atoms with Crippen molar-refractivity contribution < 1.29 is 14.3 Å². The van der Waals surface area contributed by atoms with Crippen LogP contribution in [0.3, 0.4) is 0 Å². The molecule has 0 unspecified atom stereocenters. The van der Waals surface area contributed by atoms with Crippen molar-refractivity contribution in [3.05, 3.63) is 29.6 Å². The zero-order chi connectivity index (χ0) is 14.1. The number of hydrogen-bond acceptors (Lipinski definition) is 4. The first-order valence-corrected chi connectivity index (χ1v) is 6.52. The lowest BCUT2D eigenvalue weighted by molar-refractivity contribution is -0.144. The van der Waals surface area contributed by atoms with Crippen LogP contribution in [-0.2, 0) is 27.3 Å². The standard InChI is InChI=1S/C14H20N2O3/c1-3-11-6-5-9-15-12(11)10-16-13(17)7-8-14(18)19-4-2/h5-6,9H,3-4,7-8,10H2,1-2H3,(H,16,17). The highest BCUT2D eigenvalue weighted by atomic mass is 16.5. The van der Waals surface area contributed by atoms with Crippen LogP contribution < -0.4 is 5.32 Å². The molecule has 19 heavy (non-hydrogen) atoms. The summed E-state index contributed by atoms with van der Waals surface area (Å²) in [5.41, 5.74) is 1.99. The zero-order valence-corrected chi connectivity index (χ0v) is 11.4. The summed E-state index contributed by atoms with van der Waals surface area (Å²) in [6.07, 6.45) is 2.84. The topological polar surface area (TPSA) is 68.3 Å². The van der Waals surface area contributed by atoms with E-state index in [-0.39, 0.29) is 24.7 Å². The van der Waals surface area contributed by atoms with Gasteiger partial charge in [-0.2, -0.15) is 0 Å². The largest absolute Gasteiger partial charge is 0.466 e. The predicted molar refractivity (Wildman–Crippen MR) is 71.3 cm³/mol. The van der Waals surface area contributed by atoms with Crippen molar-refractivity contribution in [1.82, 2.24) is 10.3 Å². The van der Waals surface area contributed by atoms with Crippen molar-refractivity contribution in [2.45, 2.75) is 39.7 Å². The number of aryl methyl sites for hydroxylation is 1. The van der Waals surface area contributed by atoms with Gasteiger partial charge in [0.05, 0.1) is 25.3 Å². The third kappa shape index (κ3) is 5.50. The monoisotopic (exact) mass is 264 g/mol. The number of carbonyl (C=O) groups is 2. The third-order valence-electron chi connectivity index (χ3n) is 2.68. The first kappa shape index (κ1) is 15.1. The molecule has 0 aliphatic carbocycles. The summed E-state index contributed by atoms with van der Waals surface area (Å²) in [4.78, 5) is 26.9. The molecule has 104 valence electrons. The first-order valence-electron chi connectivity index (χ1n) is 6.52. The molecule has 0 saturated heterocycles. The van der Waals surface area contributed by atoms with Gasteiger partial charge in [0.25, 0.3) is 0 Å². The maximum Gasteiger partial charge on any atom is 0.306 e. The number of nitrogens with zero attached hydrogens (tertiary/aromatic N) is 1. The van der Waals surface area contributed by atoms with Crippen molar-refractivity contribution in [3.63, 3.8) is 0 Å². The van der Waals surface area contributed by atoms with Crippen molar-refractivity contribution >= 4 is 11.9 Å². The van der Waals surface area contributed by atoms with Gasteiger partial charge in [0.1, 0.15) is 0 Å². The van der Waals surface area contributed by atoms with Crippen LogP contribution in [0.2, 0.25) is 0 Å². The molecular formula is C14H20N2O3. The molecule has 1 aromatic rings. The number of carbonyl (C=O) groups excluding carboxylic acids is 2. The Morgan fingerprint density at radius 3 is 2.79 bits per heavy atom. The molecule has 0 fully saturated rings. The fourth-order valence-corrected chi connectivity index (χ4v) is 1.67. The van der Waals surface area contributed by atoms with E-state index < -0.39 is 0 Å². The van der Waals surface area contributed by atoms with E-state index >= 15 is 0 Å². The van der Waals surface area contributed by atoms with E-state index in [0.717, 1.165) is 17.7 Å². The Labute approximate surface area is 113 Å². The second-order valence-electron chi connectivity index (χ2n) is 4.04. The average Bonchev–Trinajstić information content (AvgIpc) is 2.43. The molecule has 0 radical (unpaired) electrons. The third-order valence-corrected chi connectivity index (χ3v) is 2.68. The van der Waals surface area contributed by atoms with Crippen LogP contribution in [0.4, 0.5) is 0 Å². The van der Waals surface area contributed by atoms with E-state index in [9.17, 15) is 9.59 Å². The first-order chi connectivity index (χ1) is 9.17. The highest BCUT2D eigenvalue weighted by Crippen LogP contribution is 2.05. The van der Waals surface area contributed by atoms with E-state index in [2.05, 4.69) is 10.3 Å². The zero-order valence-electron chi connectivity index (χ0n) is 11.4. The van der Waals surface area contributed by atoms with E-state index in [1.165, 1.54) is 0 Å². The van der Waals surface area contributed by atoms with Crippen molar-refractivity contribution in [2.75, 3.05) is 6.61 Å². The number of hydrogen-bond donors (Lipinski definition) is 1. The van der Waals surface area contributed by atoms with Gasteiger partial charge >= 0.3 is 5.97 Å². The maximum absolute atomic E-state index is 11.6. The van der Waals surface area contributed by atoms with E-state index in [0.29, 0.717) is 13.2 Å². The van der Waals surface area contributed by atoms with Crippen LogP contribution in [0.15, 0.2) is 18.3 Å². The second kappa shape index (κ2) is 8.24. The summed E-state index contributed by atoms with van der Waals surface area (Å²) in [6.45, 7) is 4.52. The molecule has 0 aliphatic heterocycles. The number of ether oxygens (including phenoxy) is 1. The Hall–Kier alpha value is -1.91. The molecular weight excluding hydrogens is 244 g/mol. The summed E-state index contributed by atoms with van der Waals surface area (Å²) in [5, 5.41) is 2.76. The fourth-order valence-electron chi connectivity index (χ4n) is 1.67. The Balaban J connectivity index is 2.35. The van der Waals surface area contributed by atoms with Gasteiger partial charge in [-0.1, -0.05) is 13.0 Å². The molecule has 1 aromatic heterocycles. The van der Waals surface area contributed by atoms with Crippen molar-refractivity contribution in [1.29, 1.82) is 0 Å². The Bertz CT molecular complexity index is 432. The summed E-state index contributed by atoms with van der Waals surface area (Å²) >= 11 is 0. The van der Waals surface area contributed by atoms with Gasteiger partial charge in [0.2, 0.25) is 5.91 Å². The minimum atomic E-state index is -0.343. The lowest BCUT2D eigenvalue weighted by atomic mass is 10.1. The van der Waals surface area contributed by atoms with E-state index in [4.69, 9.17) is 4.74 Å².